The molecule has 0 unspecified atom stereocenters. The third kappa shape index (κ3) is 3.84. The highest BCUT2D eigenvalue weighted by molar-refractivity contribution is 7.89. The minimum atomic E-state index is -3.72. The maximum atomic E-state index is 13.0. The van der Waals surface area contributed by atoms with Crippen molar-refractivity contribution < 1.29 is 12.8 Å². The Morgan fingerprint density at radius 3 is 2.42 bits per heavy atom. The molecular weight excluding hydrogens is 348 g/mol. The second-order valence-electron chi connectivity index (χ2n) is 5.13. The average Bonchev–Trinajstić information content (AvgIpc) is 3.09. The minimum Gasteiger partial charge on any atom is -0.468 e. The molecule has 5 nitrogen and oxygen atoms in total. The van der Waals surface area contributed by atoms with Gasteiger partial charge in [-0.15, -0.1) is 0 Å². The lowest BCUT2D eigenvalue weighted by molar-refractivity contribution is 0.355. The topological polar surface area (TPSA) is 63.4 Å². The number of aromatic nitrogens is 1. The van der Waals surface area contributed by atoms with Crippen molar-refractivity contribution in [1.29, 1.82) is 0 Å². The summed E-state index contributed by atoms with van der Waals surface area (Å²) >= 11 is 5.85. The number of hydrogen-bond acceptors (Lipinski definition) is 4. The van der Waals surface area contributed by atoms with Crippen LogP contribution in [-0.4, -0.2) is 17.7 Å². The fourth-order valence-corrected chi connectivity index (χ4v) is 3.73. The molecule has 0 bridgehead atoms. The van der Waals surface area contributed by atoms with Gasteiger partial charge >= 0.3 is 0 Å². The minimum absolute atomic E-state index is 0.120. The van der Waals surface area contributed by atoms with Crippen molar-refractivity contribution in [3.05, 3.63) is 83.5 Å². The summed E-state index contributed by atoms with van der Waals surface area (Å²) in [5.41, 5.74) is 0.654. The summed E-state index contributed by atoms with van der Waals surface area (Å²) in [6, 6.07) is 15.0. The highest BCUT2D eigenvalue weighted by atomic mass is 35.5. The molecule has 1 aromatic carbocycles. The molecule has 0 saturated heterocycles. The molecule has 124 valence electrons. The fraction of sp³-hybridized carbons (Fsp3) is 0.118. The summed E-state index contributed by atoms with van der Waals surface area (Å²) in [5.74, 6) is 0.559. The Labute approximate surface area is 145 Å². The summed E-state index contributed by atoms with van der Waals surface area (Å²) in [4.78, 5) is 4.39. The van der Waals surface area contributed by atoms with Crippen LogP contribution in [0.5, 0.6) is 0 Å². The van der Waals surface area contributed by atoms with E-state index in [0.717, 1.165) is 0 Å². The number of pyridine rings is 1. The number of halogens is 1. The van der Waals surface area contributed by atoms with E-state index in [9.17, 15) is 8.42 Å². The van der Waals surface area contributed by atoms with Crippen molar-refractivity contribution in [3.63, 3.8) is 0 Å². The predicted octanol–water partition coefficient (Wildman–Crippen LogP) is 3.72. The number of rotatable bonds is 6. The van der Waals surface area contributed by atoms with Crippen molar-refractivity contribution in [2.45, 2.75) is 18.0 Å². The summed E-state index contributed by atoms with van der Waals surface area (Å²) in [5, 5.41) is 0.483. The Kier molecular flexibility index (Phi) is 4.99. The quantitative estimate of drug-likeness (QED) is 0.670. The van der Waals surface area contributed by atoms with Gasteiger partial charge in [0.25, 0.3) is 0 Å². The Hall–Kier alpha value is -2.15. The van der Waals surface area contributed by atoms with Gasteiger partial charge in [0.1, 0.15) is 5.76 Å². The first-order chi connectivity index (χ1) is 11.6. The standard InChI is InChI=1S/C17H15ClN2O3S/c18-14-6-8-17(9-7-14)24(21,22)20(13-16-5-3-11-23-16)12-15-4-1-2-10-19-15/h1-11H,12-13H2. The number of sulfonamides is 1. The smallest absolute Gasteiger partial charge is 0.243 e. The van der Waals surface area contributed by atoms with Gasteiger partial charge in [0.05, 0.1) is 29.9 Å². The third-order valence-corrected chi connectivity index (χ3v) is 5.49. The Morgan fingerprint density at radius 1 is 1.00 bits per heavy atom. The first-order valence-electron chi connectivity index (χ1n) is 7.24. The largest absolute Gasteiger partial charge is 0.468 e. The van der Waals surface area contributed by atoms with E-state index in [-0.39, 0.29) is 18.0 Å². The lowest BCUT2D eigenvalue weighted by Crippen LogP contribution is -2.30. The molecule has 3 aromatic rings. The maximum absolute atomic E-state index is 13.0. The van der Waals surface area contributed by atoms with E-state index in [1.165, 1.54) is 22.7 Å². The molecule has 7 heteroatoms. The van der Waals surface area contributed by atoms with Gasteiger partial charge in [-0.1, -0.05) is 17.7 Å². The Bertz CT molecular complexity index is 879. The second kappa shape index (κ2) is 7.17. The zero-order valence-corrected chi connectivity index (χ0v) is 14.2. The molecule has 24 heavy (non-hydrogen) atoms. The average molecular weight is 363 g/mol. The zero-order chi connectivity index (χ0) is 17.0. The van der Waals surface area contributed by atoms with Gasteiger partial charge < -0.3 is 4.42 Å². The van der Waals surface area contributed by atoms with E-state index in [1.807, 2.05) is 6.07 Å². The van der Waals surface area contributed by atoms with Gasteiger partial charge in [-0.2, -0.15) is 4.31 Å². The molecule has 0 aliphatic rings. The molecule has 0 amide bonds. The summed E-state index contributed by atoms with van der Waals surface area (Å²) in [6.07, 6.45) is 3.15. The molecule has 0 atom stereocenters. The monoisotopic (exact) mass is 362 g/mol. The highest BCUT2D eigenvalue weighted by Gasteiger charge is 2.26. The van der Waals surface area contributed by atoms with Gasteiger partial charge in [-0.25, -0.2) is 8.42 Å². The SMILES string of the molecule is O=S(=O)(c1ccc(Cl)cc1)N(Cc1ccccn1)Cc1ccco1. The van der Waals surface area contributed by atoms with E-state index >= 15 is 0 Å². The van der Waals surface area contributed by atoms with E-state index in [0.29, 0.717) is 16.5 Å². The molecule has 0 aliphatic heterocycles. The van der Waals surface area contributed by atoms with Gasteiger partial charge in [0.15, 0.2) is 0 Å². The first kappa shape index (κ1) is 16.7. The molecule has 2 aromatic heterocycles. The van der Waals surface area contributed by atoms with Gasteiger partial charge in [0.2, 0.25) is 10.0 Å². The van der Waals surface area contributed by atoms with Crippen LogP contribution in [-0.2, 0) is 23.1 Å². The highest BCUT2D eigenvalue weighted by Crippen LogP contribution is 2.22. The summed E-state index contributed by atoms with van der Waals surface area (Å²) in [6.45, 7) is 0.265. The zero-order valence-electron chi connectivity index (χ0n) is 12.7. The van der Waals surface area contributed by atoms with Crippen LogP contribution in [0.15, 0.2) is 76.4 Å². The Morgan fingerprint density at radius 2 is 1.79 bits per heavy atom. The van der Waals surface area contributed by atoms with Crippen LogP contribution in [0.2, 0.25) is 5.02 Å². The van der Waals surface area contributed by atoms with Crippen LogP contribution in [0.3, 0.4) is 0 Å². The lowest BCUT2D eigenvalue weighted by atomic mass is 10.3. The number of benzene rings is 1. The van der Waals surface area contributed by atoms with Crippen LogP contribution < -0.4 is 0 Å². The van der Waals surface area contributed by atoms with Gasteiger partial charge in [0, 0.05) is 11.2 Å². The van der Waals surface area contributed by atoms with Crippen molar-refractivity contribution in [2.75, 3.05) is 0 Å². The molecule has 3 rings (SSSR count). The molecule has 0 radical (unpaired) electrons. The molecule has 0 N–H and O–H groups in total. The van der Waals surface area contributed by atoms with Gasteiger partial charge in [-0.3, -0.25) is 4.98 Å². The summed E-state index contributed by atoms with van der Waals surface area (Å²) in [7, 11) is -3.72. The molecule has 0 spiro atoms. The molecule has 0 aliphatic carbocycles. The number of furan rings is 1. The van der Waals surface area contributed by atoms with Crippen molar-refractivity contribution in [3.8, 4) is 0 Å². The number of nitrogens with zero attached hydrogens (tertiary/aromatic N) is 2. The lowest BCUT2D eigenvalue weighted by Gasteiger charge is -2.21. The van der Waals surface area contributed by atoms with Crippen LogP contribution >= 0.6 is 11.6 Å². The van der Waals surface area contributed by atoms with E-state index in [2.05, 4.69) is 4.98 Å². The maximum Gasteiger partial charge on any atom is 0.243 e. The number of hydrogen-bond donors (Lipinski definition) is 0. The van der Waals surface area contributed by atoms with E-state index in [1.54, 1.807) is 42.6 Å². The van der Waals surface area contributed by atoms with E-state index < -0.39 is 10.0 Å². The van der Waals surface area contributed by atoms with Crippen molar-refractivity contribution >= 4 is 21.6 Å². The molecule has 0 saturated carbocycles. The predicted molar refractivity (Wildman–Crippen MR) is 90.8 cm³/mol. The van der Waals surface area contributed by atoms with Crippen LogP contribution in [0, 0.1) is 0 Å². The molecular formula is C17H15ClN2O3S. The normalized spacial score (nSPS) is 11.8. The van der Waals surface area contributed by atoms with Gasteiger partial charge in [-0.05, 0) is 48.5 Å². The van der Waals surface area contributed by atoms with Crippen LogP contribution in [0.4, 0.5) is 0 Å². The second-order valence-corrected chi connectivity index (χ2v) is 7.50. The van der Waals surface area contributed by atoms with Crippen LogP contribution in [0.1, 0.15) is 11.5 Å². The molecule has 2 heterocycles. The van der Waals surface area contributed by atoms with Crippen LogP contribution in [0.25, 0.3) is 0 Å². The van der Waals surface area contributed by atoms with Crippen molar-refractivity contribution in [1.82, 2.24) is 9.29 Å². The Balaban J connectivity index is 1.94. The first-order valence-corrected chi connectivity index (χ1v) is 9.05. The molecule has 0 fully saturated rings. The van der Waals surface area contributed by atoms with E-state index in [4.69, 9.17) is 16.0 Å². The summed E-state index contributed by atoms with van der Waals surface area (Å²) < 4.78 is 32.6. The third-order valence-electron chi connectivity index (χ3n) is 3.43. The fourth-order valence-electron chi connectivity index (χ4n) is 2.23. The van der Waals surface area contributed by atoms with Crippen molar-refractivity contribution in [2.24, 2.45) is 0 Å².